The van der Waals surface area contributed by atoms with E-state index < -0.39 is 5.41 Å². The van der Waals surface area contributed by atoms with Crippen LogP contribution in [0.15, 0.2) is 77.9 Å². The molecule has 1 spiro atoms. The molecule has 5 heteroatoms. The van der Waals surface area contributed by atoms with Crippen LogP contribution in [-0.2, 0) is 4.79 Å². The van der Waals surface area contributed by atoms with E-state index in [1.807, 2.05) is 72.8 Å². The maximum absolute atomic E-state index is 12.5. The van der Waals surface area contributed by atoms with Crippen molar-refractivity contribution in [1.82, 2.24) is 10.7 Å². The molecule has 118 valence electrons. The van der Waals surface area contributed by atoms with Crippen LogP contribution in [0.1, 0.15) is 11.1 Å². The van der Waals surface area contributed by atoms with Crippen LogP contribution in [-0.4, -0.2) is 11.7 Å². The van der Waals surface area contributed by atoms with Gasteiger partial charge in [-0.15, -0.1) is 0 Å². The number of benzene rings is 2. The lowest BCUT2D eigenvalue weighted by molar-refractivity contribution is -0.123. The number of hydrogen-bond donors (Lipinski definition) is 3. The molecule has 4 rings (SSSR count). The molecule has 24 heavy (non-hydrogen) atoms. The maximum atomic E-state index is 12.5. The van der Waals surface area contributed by atoms with Gasteiger partial charge in [0.1, 0.15) is 5.84 Å². The lowest BCUT2D eigenvalue weighted by Crippen LogP contribution is -2.42. The summed E-state index contributed by atoms with van der Waals surface area (Å²) in [6.07, 6.45) is 3.66. The van der Waals surface area contributed by atoms with Gasteiger partial charge in [-0.2, -0.15) is 5.10 Å². The number of amides is 1. The second kappa shape index (κ2) is 5.38. The van der Waals surface area contributed by atoms with E-state index in [0.717, 1.165) is 22.5 Å². The number of nitrogens with zero attached hydrogens (tertiary/aromatic N) is 1. The van der Waals surface area contributed by atoms with Crippen LogP contribution < -0.4 is 16.5 Å². The summed E-state index contributed by atoms with van der Waals surface area (Å²) >= 11 is 0. The molecule has 5 nitrogen and oxygen atoms in total. The molecular formula is C19H16N4O. The Morgan fingerprint density at radius 3 is 1.75 bits per heavy atom. The fourth-order valence-electron chi connectivity index (χ4n) is 2.95. The van der Waals surface area contributed by atoms with Crippen molar-refractivity contribution in [3.05, 3.63) is 83.9 Å². The van der Waals surface area contributed by atoms with Crippen molar-refractivity contribution in [3.63, 3.8) is 0 Å². The first kappa shape index (κ1) is 14.3. The molecule has 0 bridgehead atoms. The van der Waals surface area contributed by atoms with Gasteiger partial charge in [-0.25, -0.2) is 5.43 Å². The minimum absolute atomic E-state index is 0.246. The zero-order valence-corrected chi connectivity index (χ0v) is 12.9. The summed E-state index contributed by atoms with van der Waals surface area (Å²) in [6.45, 7) is 0. The first-order valence-corrected chi connectivity index (χ1v) is 7.67. The van der Waals surface area contributed by atoms with Gasteiger partial charge < -0.3 is 11.1 Å². The van der Waals surface area contributed by atoms with Gasteiger partial charge in [-0.1, -0.05) is 60.7 Å². The number of carbonyl (C=O) groups excluding carboxylic acids is 1. The summed E-state index contributed by atoms with van der Waals surface area (Å²) in [7, 11) is 0. The Bertz CT molecular complexity index is 827. The van der Waals surface area contributed by atoms with Crippen molar-refractivity contribution in [2.24, 2.45) is 16.3 Å². The van der Waals surface area contributed by atoms with Crippen molar-refractivity contribution in [1.29, 1.82) is 0 Å². The normalized spacial score (nSPS) is 18.3. The highest BCUT2D eigenvalue weighted by Crippen LogP contribution is 2.36. The molecule has 2 aromatic rings. The smallest absolute Gasteiger partial charge is 0.261 e. The van der Waals surface area contributed by atoms with Crippen LogP contribution in [0.3, 0.4) is 0 Å². The van der Waals surface area contributed by atoms with Crippen LogP contribution in [0.4, 0.5) is 0 Å². The lowest BCUT2D eigenvalue weighted by Gasteiger charge is -2.28. The van der Waals surface area contributed by atoms with Crippen molar-refractivity contribution in [3.8, 4) is 0 Å². The van der Waals surface area contributed by atoms with Crippen LogP contribution in [0, 0.1) is 5.41 Å². The van der Waals surface area contributed by atoms with Crippen molar-refractivity contribution >= 4 is 23.1 Å². The summed E-state index contributed by atoms with van der Waals surface area (Å²) in [5.74, 6) is -0.000718. The first-order chi connectivity index (χ1) is 11.7. The number of hydrazone groups is 1. The van der Waals surface area contributed by atoms with E-state index in [1.54, 1.807) is 0 Å². The molecule has 1 amide bonds. The van der Waals surface area contributed by atoms with Gasteiger partial charge in [0.2, 0.25) is 0 Å². The predicted octanol–water partition coefficient (Wildman–Crippen LogP) is 2.06. The Balaban J connectivity index is 1.88. The highest BCUT2D eigenvalue weighted by atomic mass is 16.2. The Morgan fingerprint density at radius 2 is 1.33 bits per heavy atom. The van der Waals surface area contributed by atoms with Gasteiger partial charge in [0, 0.05) is 11.4 Å². The highest BCUT2D eigenvalue weighted by Gasteiger charge is 2.45. The van der Waals surface area contributed by atoms with Gasteiger partial charge in [-0.05, 0) is 23.3 Å². The molecule has 0 saturated carbocycles. The van der Waals surface area contributed by atoms with Crippen LogP contribution >= 0.6 is 0 Å². The van der Waals surface area contributed by atoms with E-state index >= 15 is 0 Å². The average molecular weight is 316 g/mol. The maximum Gasteiger partial charge on any atom is 0.261 e. The van der Waals surface area contributed by atoms with Gasteiger partial charge in [-0.3, -0.25) is 4.79 Å². The zero-order valence-electron chi connectivity index (χ0n) is 12.9. The van der Waals surface area contributed by atoms with Crippen LogP contribution in [0.25, 0.3) is 11.4 Å². The van der Waals surface area contributed by atoms with Crippen molar-refractivity contribution < 1.29 is 4.79 Å². The highest BCUT2D eigenvalue weighted by molar-refractivity contribution is 6.16. The van der Waals surface area contributed by atoms with Crippen LogP contribution in [0.2, 0.25) is 0 Å². The van der Waals surface area contributed by atoms with Gasteiger partial charge in [0.15, 0.2) is 5.41 Å². The molecule has 0 unspecified atom stereocenters. The molecule has 0 atom stereocenters. The van der Waals surface area contributed by atoms with Gasteiger partial charge in [0.05, 0.1) is 0 Å². The minimum Gasteiger partial charge on any atom is -0.384 e. The lowest BCUT2D eigenvalue weighted by atomic mass is 9.80. The number of nitrogens with two attached hydrogens (primary N) is 1. The SMILES string of the molecule is NC1=NNC(=O)C12C=C(c1ccccc1)NC(c1ccccc1)=C2. The topological polar surface area (TPSA) is 79.5 Å². The van der Waals surface area contributed by atoms with Crippen molar-refractivity contribution in [2.45, 2.75) is 0 Å². The fourth-order valence-corrected chi connectivity index (χ4v) is 2.95. The Kier molecular flexibility index (Phi) is 3.20. The third-order valence-electron chi connectivity index (χ3n) is 4.26. The summed E-state index contributed by atoms with van der Waals surface area (Å²) in [4.78, 5) is 12.5. The number of amidine groups is 1. The number of nitrogens with one attached hydrogen (secondary N) is 2. The number of hydrogen-bond acceptors (Lipinski definition) is 4. The van der Waals surface area contributed by atoms with Gasteiger partial charge in [0.25, 0.3) is 5.91 Å². The quantitative estimate of drug-likeness (QED) is 0.793. The van der Waals surface area contributed by atoms with E-state index in [9.17, 15) is 4.79 Å². The average Bonchev–Trinajstić information content (AvgIpc) is 2.91. The fraction of sp³-hybridized carbons (Fsp3) is 0.0526. The number of rotatable bonds is 2. The second-order valence-corrected chi connectivity index (χ2v) is 5.78. The molecule has 0 radical (unpaired) electrons. The molecular weight excluding hydrogens is 300 g/mol. The van der Waals surface area contributed by atoms with E-state index in [2.05, 4.69) is 15.8 Å². The second-order valence-electron chi connectivity index (χ2n) is 5.78. The predicted molar refractivity (Wildman–Crippen MR) is 94.2 cm³/mol. The monoisotopic (exact) mass is 316 g/mol. The minimum atomic E-state index is -1.07. The molecule has 4 N–H and O–H groups in total. The number of carbonyl (C=O) groups is 1. The molecule has 2 aliphatic rings. The van der Waals surface area contributed by atoms with Gasteiger partial charge >= 0.3 is 0 Å². The molecule has 2 aromatic carbocycles. The summed E-state index contributed by atoms with van der Waals surface area (Å²) < 4.78 is 0. The summed E-state index contributed by atoms with van der Waals surface area (Å²) in [5, 5.41) is 7.34. The van der Waals surface area contributed by atoms with E-state index in [1.165, 1.54) is 0 Å². The number of dihydropyridines is 1. The summed E-state index contributed by atoms with van der Waals surface area (Å²) in [6, 6.07) is 19.7. The third-order valence-corrected chi connectivity index (χ3v) is 4.26. The largest absolute Gasteiger partial charge is 0.384 e. The molecule has 0 aromatic heterocycles. The zero-order chi connectivity index (χ0) is 16.6. The van der Waals surface area contributed by atoms with Crippen LogP contribution in [0.5, 0.6) is 0 Å². The van der Waals surface area contributed by atoms with E-state index in [4.69, 9.17) is 5.73 Å². The summed E-state index contributed by atoms with van der Waals surface area (Å²) in [5.41, 5.74) is 11.1. The molecule has 2 aliphatic heterocycles. The Labute approximate surface area is 139 Å². The molecule has 0 aliphatic carbocycles. The standard InChI is InChI=1S/C19H16N4O/c20-17-19(18(24)23-22-17)11-15(13-7-3-1-4-8-13)21-16(12-19)14-9-5-2-6-10-14/h1-12,21H,(H2,20,22)(H,23,24). The molecule has 2 heterocycles. The Hall–Kier alpha value is -3.34. The molecule has 0 fully saturated rings. The van der Waals surface area contributed by atoms with E-state index in [-0.39, 0.29) is 11.7 Å². The van der Waals surface area contributed by atoms with Crippen molar-refractivity contribution in [2.75, 3.05) is 0 Å². The first-order valence-electron chi connectivity index (χ1n) is 7.67. The third kappa shape index (κ3) is 2.18. The molecule has 0 saturated heterocycles. The Morgan fingerprint density at radius 1 is 0.833 bits per heavy atom. The van der Waals surface area contributed by atoms with E-state index in [0.29, 0.717) is 0 Å².